The summed E-state index contributed by atoms with van der Waals surface area (Å²) in [6, 6.07) is 2.11. The van der Waals surface area contributed by atoms with Crippen molar-refractivity contribution in [3.8, 4) is 0 Å². The lowest BCUT2D eigenvalue weighted by atomic mass is 9.96. The third-order valence-corrected chi connectivity index (χ3v) is 2.88. The molecular weight excluding hydrogens is 273 g/mol. The summed E-state index contributed by atoms with van der Waals surface area (Å²) in [6.45, 7) is 3.52. The number of esters is 1. The van der Waals surface area contributed by atoms with Gasteiger partial charge in [0, 0.05) is 6.20 Å². The van der Waals surface area contributed by atoms with E-state index in [1.165, 1.54) is 13.2 Å². The molecule has 0 aliphatic heterocycles. The third-order valence-electron chi connectivity index (χ3n) is 2.88. The van der Waals surface area contributed by atoms with Gasteiger partial charge in [-0.15, -0.1) is 0 Å². The van der Waals surface area contributed by atoms with Crippen LogP contribution in [0.3, 0.4) is 0 Å². The van der Waals surface area contributed by atoms with Gasteiger partial charge >= 0.3 is 12.1 Å². The van der Waals surface area contributed by atoms with E-state index >= 15 is 0 Å². The number of halogens is 3. The quantitative estimate of drug-likeness (QED) is 0.846. The topological polar surface area (TPSA) is 51.2 Å². The van der Waals surface area contributed by atoms with Gasteiger partial charge in [-0.3, -0.25) is 0 Å². The van der Waals surface area contributed by atoms with Crippen molar-refractivity contribution < 1.29 is 22.7 Å². The monoisotopic (exact) mass is 290 g/mol. The number of ether oxygens (including phenoxy) is 1. The molecule has 1 unspecified atom stereocenters. The summed E-state index contributed by atoms with van der Waals surface area (Å²) in [5, 5.41) is 2.83. The first kappa shape index (κ1) is 16.3. The molecule has 1 heterocycles. The molecule has 1 N–H and O–H groups in total. The molecule has 0 saturated carbocycles. The predicted octanol–water partition coefficient (Wildman–Crippen LogP) is 3.24. The van der Waals surface area contributed by atoms with Crippen LogP contribution in [0.4, 0.5) is 19.0 Å². The van der Waals surface area contributed by atoms with Gasteiger partial charge in [0.2, 0.25) is 0 Å². The molecule has 0 radical (unpaired) electrons. The van der Waals surface area contributed by atoms with Crippen molar-refractivity contribution >= 4 is 11.8 Å². The van der Waals surface area contributed by atoms with Gasteiger partial charge in [-0.25, -0.2) is 9.78 Å². The van der Waals surface area contributed by atoms with Gasteiger partial charge in [-0.1, -0.05) is 13.3 Å². The van der Waals surface area contributed by atoms with E-state index < -0.39 is 23.2 Å². The highest BCUT2D eigenvalue weighted by molar-refractivity contribution is 5.83. The Morgan fingerprint density at radius 1 is 1.40 bits per heavy atom. The third kappa shape index (κ3) is 3.85. The Morgan fingerprint density at radius 2 is 2.05 bits per heavy atom. The van der Waals surface area contributed by atoms with Crippen LogP contribution in [0.15, 0.2) is 18.3 Å². The molecule has 1 aromatic rings. The molecule has 0 spiro atoms. The molecule has 20 heavy (non-hydrogen) atoms. The average molecular weight is 290 g/mol. The molecule has 112 valence electrons. The van der Waals surface area contributed by atoms with Crippen LogP contribution in [0.25, 0.3) is 0 Å². The number of nitrogens with zero attached hydrogens (tertiary/aromatic N) is 1. The van der Waals surface area contributed by atoms with E-state index in [-0.39, 0.29) is 5.82 Å². The molecule has 1 aromatic heterocycles. The number of aromatic nitrogens is 1. The summed E-state index contributed by atoms with van der Waals surface area (Å²) < 4.78 is 42.0. The first-order chi connectivity index (χ1) is 9.23. The second kappa shape index (κ2) is 6.11. The lowest BCUT2D eigenvalue weighted by Gasteiger charge is -2.28. The van der Waals surface area contributed by atoms with Crippen molar-refractivity contribution in [3.05, 3.63) is 23.9 Å². The van der Waals surface area contributed by atoms with E-state index in [2.05, 4.69) is 10.3 Å². The minimum Gasteiger partial charge on any atom is -0.467 e. The van der Waals surface area contributed by atoms with Crippen LogP contribution in [0.1, 0.15) is 32.3 Å². The molecule has 0 saturated heterocycles. The molecule has 0 aromatic carbocycles. The number of hydrogen-bond acceptors (Lipinski definition) is 4. The van der Waals surface area contributed by atoms with Crippen molar-refractivity contribution in [1.29, 1.82) is 0 Å². The van der Waals surface area contributed by atoms with Crippen molar-refractivity contribution in [3.63, 3.8) is 0 Å². The molecule has 0 fully saturated rings. The normalized spacial score (nSPS) is 14.5. The van der Waals surface area contributed by atoms with Crippen LogP contribution in [-0.2, 0) is 15.7 Å². The number of rotatable bonds is 5. The second-order valence-corrected chi connectivity index (χ2v) is 4.63. The summed E-state index contributed by atoms with van der Waals surface area (Å²) in [5.41, 5.74) is -1.85. The SMILES string of the molecule is CCCC(C)(Nc1ccc(C(F)(F)F)cn1)C(=O)OC. The van der Waals surface area contributed by atoms with Crippen LogP contribution in [0, 0.1) is 0 Å². The Balaban J connectivity index is 2.92. The van der Waals surface area contributed by atoms with E-state index in [0.717, 1.165) is 12.3 Å². The molecule has 7 heteroatoms. The number of pyridine rings is 1. The van der Waals surface area contributed by atoms with E-state index in [4.69, 9.17) is 4.74 Å². The largest absolute Gasteiger partial charge is 0.467 e. The average Bonchev–Trinajstić information content (AvgIpc) is 2.37. The fraction of sp³-hybridized carbons (Fsp3) is 0.538. The molecule has 1 rings (SSSR count). The zero-order chi connectivity index (χ0) is 15.4. The van der Waals surface area contributed by atoms with Gasteiger partial charge in [0.05, 0.1) is 12.7 Å². The maximum Gasteiger partial charge on any atom is 0.417 e. The Hall–Kier alpha value is -1.79. The Kier molecular flexibility index (Phi) is 4.97. The van der Waals surface area contributed by atoms with Crippen molar-refractivity contribution in [1.82, 2.24) is 4.98 Å². The minimum absolute atomic E-state index is 0.194. The van der Waals surface area contributed by atoms with Crippen molar-refractivity contribution in [2.24, 2.45) is 0 Å². The Labute approximate surface area is 115 Å². The minimum atomic E-state index is -4.43. The van der Waals surface area contributed by atoms with E-state index in [9.17, 15) is 18.0 Å². The van der Waals surface area contributed by atoms with Crippen LogP contribution in [-0.4, -0.2) is 23.6 Å². The summed E-state index contributed by atoms with van der Waals surface area (Å²) in [5.74, 6) is -0.291. The van der Waals surface area contributed by atoms with Crippen LogP contribution in [0.2, 0.25) is 0 Å². The van der Waals surface area contributed by atoms with Gasteiger partial charge in [0.25, 0.3) is 0 Å². The van der Waals surface area contributed by atoms with E-state index in [0.29, 0.717) is 12.8 Å². The highest BCUT2D eigenvalue weighted by Gasteiger charge is 2.34. The van der Waals surface area contributed by atoms with Gasteiger partial charge in [0.15, 0.2) is 0 Å². The molecular formula is C13H17F3N2O2. The van der Waals surface area contributed by atoms with E-state index in [1.54, 1.807) is 6.92 Å². The number of alkyl halides is 3. The first-order valence-electron chi connectivity index (χ1n) is 6.13. The maximum atomic E-state index is 12.4. The van der Waals surface area contributed by atoms with Gasteiger partial charge < -0.3 is 10.1 Å². The zero-order valence-corrected chi connectivity index (χ0v) is 11.5. The lowest BCUT2D eigenvalue weighted by molar-refractivity contribution is -0.145. The summed E-state index contributed by atoms with van der Waals surface area (Å²) in [4.78, 5) is 15.5. The van der Waals surface area contributed by atoms with Crippen LogP contribution < -0.4 is 5.32 Å². The summed E-state index contributed by atoms with van der Waals surface area (Å²) in [7, 11) is 1.26. The molecule has 0 bridgehead atoms. The second-order valence-electron chi connectivity index (χ2n) is 4.63. The number of carbonyl (C=O) groups excluding carboxylic acids is 1. The summed E-state index contributed by atoms with van der Waals surface area (Å²) in [6.07, 6.45) is -2.52. The number of carbonyl (C=O) groups is 1. The van der Waals surface area contributed by atoms with Crippen molar-refractivity contribution in [2.75, 3.05) is 12.4 Å². The fourth-order valence-electron chi connectivity index (χ4n) is 1.86. The van der Waals surface area contributed by atoms with Gasteiger partial charge in [-0.05, 0) is 25.5 Å². The predicted molar refractivity (Wildman–Crippen MR) is 68.2 cm³/mol. The first-order valence-corrected chi connectivity index (χ1v) is 6.13. The van der Waals surface area contributed by atoms with Gasteiger partial charge in [-0.2, -0.15) is 13.2 Å². The van der Waals surface area contributed by atoms with Gasteiger partial charge in [0.1, 0.15) is 11.4 Å². The Bertz CT molecular complexity index is 460. The van der Waals surface area contributed by atoms with E-state index in [1.807, 2.05) is 6.92 Å². The molecule has 0 aliphatic rings. The molecule has 4 nitrogen and oxygen atoms in total. The highest BCUT2D eigenvalue weighted by Crippen LogP contribution is 2.29. The fourth-order valence-corrected chi connectivity index (χ4v) is 1.86. The maximum absolute atomic E-state index is 12.4. The van der Waals surface area contributed by atoms with Crippen LogP contribution >= 0.6 is 0 Å². The van der Waals surface area contributed by atoms with Crippen LogP contribution in [0.5, 0.6) is 0 Å². The molecule has 0 amide bonds. The number of anilines is 1. The van der Waals surface area contributed by atoms with Crippen molar-refractivity contribution in [2.45, 2.75) is 38.4 Å². The number of hydrogen-bond donors (Lipinski definition) is 1. The standard InChI is InChI=1S/C13H17F3N2O2/c1-4-7-12(2,11(19)20-3)18-10-6-5-9(8-17-10)13(14,15)16/h5-6,8H,4,7H2,1-3H3,(H,17,18). The summed E-state index contributed by atoms with van der Waals surface area (Å²) >= 11 is 0. The molecule has 1 atom stereocenters. The molecule has 0 aliphatic carbocycles. The number of methoxy groups -OCH3 is 1. The Morgan fingerprint density at radius 3 is 2.45 bits per heavy atom. The lowest BCUT2D eigenvalue weighted by Crippen LogP contribution is -2.44. The zero-order valence-electron chi connectivity index (χ0n) is 11.5. The highest BCUT2D eigenvalue weighted by atomic mass is 19.4. The number of nitrogens with one attached hydrogen (secondary N) is 1. The smallest absolute Gasteiger partial charge is 0.417 e.